The molecule has 0 amide bonds. The Bertz CT molecular complexity index is 684. The normalized spacial score (nSPS) is 18.9. The fraction of sp³-hybridized carbons (Fsp3) is 0.125. The third-order valence-electron chi connectivity index (χ3n) is 1.82. The molecule has 0 unspecified atom stereocenters. The van der Waals surface area contributed by atoms with Gasteiger partial charge in [0, 0.05) is 6.08 Å². The Morgan fingerprint density at radius 1 is 1.59 bits per heavy atom. The van der Waals surface area contributed by atoms with Gasteiger partial charge in [0.2, 0.25) is 0 Å². The molecule has 7 nitrogen and oxygen atoms in total. The molecule has 17 heavy (non-hydrogen) atoms. The Hall–Kier alpha value is -1.74. The minimum atomic E-state index is -0.605. The molecule has 0 aromatic carbocycles. The lowest BCUT2D eigenvalue weighted by molar-refractivity contribution is -0.133. The first kappa shape index (κ1) is 11.7. The number of ether oxygens (including phenoxy) is 1. The highest BCUT2D eigenvalue weighted by atomic mass is 32.2. The Balaban J connectivity index is 2.63. The summed E-state index contributed by atoms with van der Waals surface area (Å²) in [4.78, 5) is 25.0. The zero-order valence-electron chi connectivity index (χ0n) is 8.51. The molecule has 0 aliphatic carbocycles. The number of nitrogens with zero attached hydrogens (tertiary/aromatic N) is 2. The molecule has 0 radical (unpaired) electrons. The second kappa shape index (κ2) is 4.63. The second-order valence-electron chi connectivity index (χ2n) is 2.87. The van der Waals surface area contributed by atoms with Gasteiger partial charge < -0.3 is 9.72 Å². The lowest BCUT2D eigenvalue weighted by Crippen LogP contribution is -2.21. The largest absolute Gasteiger partial charge is 0.466 e. The molecule has 88 valence electrons. The molecule has 2 rings (SSSR count). The highest BCUT2D eigenvalue weighted by Crippen LogP contribution is 2.22. The summed E-state index contributed by atoms with van der Waals surface area (Å²) in [6.07, 6.45) is 1.09. The fourth-order valence-corrected chi connectivity index (χ4v) is 2.45. The van der Waals surface area contributed by atoms with Crippen molar-refractivity contribution in [2.75, 3.05) is 7.11 Å². The molecule has 0 saturated heterocycles. The van der Waals surface area contributed by atoms with Crippen molar-refractivity contribution in [3.63, 3.8) is 0 Å². The van der Waals surface area contributed by atoms with Crippen LogP contribution in [0.2, 0.25) is 0 Å². The van der Waals surface area contributed by atoms with Crippen molar-refractivity contribution in [1.82, 2.24) is 4.98 Å². The smallest absolute Gasteiger partial charge is 0.332 e. The number of H-pyrrole nitrogens is 1. The van der Waals surface area contributed by atoms with Gasteiger partial charge in [-0.25, -0.2) is 4.79 Å². The van der Waals surface area contributed by atoms with E-state index in [9.17, 15) is 9.59 Å². The summed E-state index contributed by atoms with van der Waals surface area (Å²) in [5.74, 6) is -0.605. The molecular weight excluding hydrogens is 264 g/mol. The van der Waals surface area contributed by atoms with Crippen molar-refractivity contribution in [1.29, 1.82) is 5.41 Å². The number of methoxy groups -OCH3 is 1. The maximum atomic E-state index is 11.5. The van der Waals surface area contributed by atoms with E-state index in [1.165, 1.54) is 7.11 Å². The molecule has 1 aromatic heterocycles. The van der Waals surface area contributed by atoms with Crippen molar-refractivity contribution in [3.05, 3.63) is 19.5 Å². The zero-order chi connectivity index (χ0) is 12.4. The highest BCUT2D eigenvalue weighted by Gasteiger charge is 2.14. The van der Waals surface area contributed by atoms with Crippen LogP contribution < -0.4 is 14.8 Å². The molecule has 1 aliphatic heterocycles. The first-order chi connectivity index (χ1) is 8.11. The van der Waals surface area contributed by atoms with Crippen LogP contribution in [0.25, 0.3) is 11.8 Å². The van der Waals surface area contributed by atoms with Gasteiger partial charge in [0.1, 0.15) is 14.2 Å². The lowest BCUT2D eigenvalue weighted by atomic mass is 10.5. The minimum absolute atomic E-state index is 0.159. The maximum absolute atomic E-state index is 11.5. The number of aromatic nitrogens is 1. The van der Waals surface area contributed by atoms with Gasteiger partial charge >= 0.3 is 5.97 Å². The van der Waals surface area contributed by atoms with Crippen LogP contribution in [0.1, 0.15) is 0 Å². The van der Waals surface area contributed by atoms with Crippen molar-refractivity contribution in [2.24, 2.45) is 9.63 Å². The van der Waals surface area contributed by atoms with Gasteiger partial charge in [-0.05, 0) is 0 Å². The monoisotopic (exact) mass is 270 g/mol. The number of aromatic amines is 1. The van der Waals surface area contributed by atoms with Gasteiger partial charge in [-0.2, -0.15) is 0 Å². The molecule has 2 heterocycles. The summed E-state index contributed by atoms with van der Waals surface area (Å²) in [6, 6.07) is 0. The van der Waals surface area contributed by atoms with Gasteiger partial charge in [0.25, 0.3) is 5.56 Å². The van der Waals surface area contributed by atoms with Crippen molar-refractivity contribution >= 4 is 46.1 Å². The van der Waals surface area contributed by atoms with Crippen molar-refractivity contribution in [3.8, 4) is 0 Å². The average Bonchev–Trinajstić information content (AvgIpc) is 2.86. The molecule has 2 N–H and O–H groups in total. The molecule has 1 aromatic rings. The van der Waals surface area contributed by atoms with Gasteiger partial charge in [-0.3, -0.25) is 10.2 Å². The number of hydrogen-bond acceptors (Lipinski definition) is 8. The number of carbonyl (C=O) groups excluding carboxylic acids is 1. The molecular formula is C8H6N4O3S2. The number of nitrogens with one attached hydrogen (secondary N) is 2. The zero-order valence-corrected chi connectivity index (χ0v) is 10.1. The Labute approximate surface area is 103 Å². The van der Waals surface area contributed by atoms with Crippen LogP contribution in [0.5, 0.6) is 0 Å². The van der Waals surface area contributed by atoms with Gasteiger partial charge in [0.15, 0.2) is 5.70 Å². The number of rotatable bonds is 1. The van der Waals surface area contributed by atoms with Crippen molar-refractivity contribution in [2.45, 2.75) is 0 Å². The second-order valence-corrected chi connectivity index (χ2v) is 4.67. The van der Waals surface area contributed by atoms with E-state index in [-0.39, 0.29) is 9.58 Å². The van der Waals surface area contributed by atoms with Gasteiger partial charge in [-0.15, -0.1) is 21.0 Å². The molecule has 0 atom stereocenters. The fourth-order valence-electron chi connectivity index (χ4n) is 1.05. The highest BCUT2D eigenvalue weighted by molar-refractivity contribution is 8.14. The van der Waals surface area contributed by atoms with E-state index in [0.29, 0.717) is 10.4 Å². The van der Waals surface area contributed by atoms with E-state index in [1.54, 1.807) is 0 Å². The molecule has 0 saturated carbocycles. The average molecular weight is 270 g/mol. The molecule has 1 aliphatic rings. The van der Waals surface area contributed by atoms with Crippen LogP contribution >= 0.6 is 23.3 Å². The van der Waals surface area contributed by atoms with Crippen LogP contribution in [0, 0.1) is 5.41 Å². The van der Waals surface area contributed by atoms with Crippen molar-refractivity contribution < 1.29 is 9.53 Å². The van der Waals surface area contributed by atoms with Crippen LogP contribution in [0.15, 0.2) is 14.4 Å². The Morgan fingerprint density at radius 3 is 2.94 bits per heavy atom. The molecule has 0 fully saturated rings. The Morgan fingerprint density at radius 2 is 2.35 bits per heavy atom. The predicted molar refractivity (Wildman–Crippen MR) is 64.3 cm³/mol. The maximum Gasteiger partial charge on any atom is 0.332 e. The topological polar surface area (TPSA) is 108 Å². The van der Waals surface area contributed by atoms with E-state index < -0.39 is 11.5 Å². The van der Waals surface area contributed by atoms with Crippen LogP contribution in [-0.2, 0) is 9.53 Å². The molecule has 9 heteroatoms. The number of thiazole rings is 1. The van der Waals surface area contributed by atoms with E-state index in [2.05, 4.69) is 19.4 Å². The van der Waals surface area contributed by atoms with E-state index in [1.807, 2.05) is 0 Å². The van der Waals surface area contributed by atoms with E-state index in [0.717, 1.165) is 29.4 Å². The summed E-state index contributed by atoms with van der Waals surface area (Å²) < 4.78 is 8.64. The summed E-state index contributed by atoms with van der Waals surface area (Å²) >= 11 is 1.96. The van der Waals surface area contributed by atoms with E-state index >= 15 is 0 Å². The molecule has 0 spiro atoms. The SMILES string of the molecule is COC(=O)/C=c1/s/c(=C2\N=NSC2=N)[nH]c1=O. The van der Waals surface area contributed by atoms with Gasteiger partial charge in [0.05, 0.1) is 19.1 Å². The van der Waals surface area contributed by atoms with Gasteiger partial charge in [-0.1, -0.05) is 0 Å². The van der Waals surface area contributed by atoms with Crippen LogP contribution in [0.3, 0.4) is 0 Å². The number of carbonyl (C=O) groups is 1. The predicted octanol–water partition coefficient (Wildman–Crippen LogP) is -0.411. The number of esters is 1. The minimum Gasteiger partial charge on any atom is -0.466 e. The summed E-state index contributed by atoms with van der Waals surface area (Å²) in [7, 11) is 1.23. The lowest BCUT2D eigenvalue weighted by Gasteiger charge is -1.85. The standard InChI is InChI=1S/C8H6N4O3S2/c1-15-4(13)2-3-7(14)10-8(16-3)5-6(9)17-12-11-5/h2,9H,1H3,(H,10,14)/b3-2+,8-5-,9-6?. The summed E-state index contributed by atoms with van der Waals surface area (Å²) in [6.45, 7) is 0. The Kier molecular flexibility index (Phi) is 3.20. The van der Waals surface area contributed by atoms with Crippen LogP contribution in [0.4, 0.5) is 0 Å². The first-order valence-corrected chi connectivity index (χ1v) is 5.91. The first-order valence-electron chi connectivity index (χ1n) is 4.32. The summed E-state index contributed by atoms with van der Waals surface area (Å²) in [5, 5.41) is 11.4. The quantitative estimate of drug-likeness (QED) is 0.534. The number of hydrogen-bond donors (Lipinski definition) is 2. The van der Waals surface area contributed by atoms with Crippen LogP contribution in [-0.4, -0.2) is 23.1 Å². The third kappa shape index (κ3) is 2.34. The summed E-state index contributed by atoms with van der Waals surface area (Å²) in [5.41, 5.74) is -0.107. The van der Waals surface area contributed by atoms with E-state index in [4.69, 9.17) is 5.41 Å². The molecule has 0 bridgehead atoms. The third-order valence-corrected chi connectivity index (χ3v) is 3.38.